The lowest BCUT2D eigenvalue weighted by molar-refractivity contribution is -0.137. The number of nitrogens with one attached hydrogen (secondary N) is 1. The summed E-state index contributed by atoms with van der Waals surface area (Å²) in [5.74, 6) is -0.789. The minimum Gasteiger partial charge on any atom is -0.481 e. The maximum Gasteiger partial charge on any atom is 0.303 e. The topological polar surface area (TPSA) is 73.1 Å². The van der Waals surface area contributed by atoms with Crippen LogP contribution in [0, 0.1) is 11.3 Å². The van der Waals surface area contributed by atoms with Gasteiger partial charge in [0.2, 0.25) is 0 Å². The van der Waals surface area contributed by atoms with Gasteiger partial charge in [0.05, 0.1) is 11.6 Å². The molecule has 0 fully saturated rings. The number of carboxylic acid groups (broad SMARTS) is 1. The smallest absolute Gasteiger partial charge is 0.303 e. The summed E-state index contributed by atoms with van der Waals surface area (Å²) in [4.78, 5) is 10.6. The summed E-state index contributed by atoms with van der Waals surface area (Å²) in [6.07, 6.45) is 0.700. The molecular weight excluding hydrogens is 252 g/mol. The third-order valence-electron chi connectivity index (χ3n) is 3.24. The molecule has 0 aliphatic carbocycles. The first-order chi connectivity index (χ1) is 9.61. The fourth-order valence-corrected chi connectivity index (χ4v) is 2.20. The first-order valence-corrected chi connectivity index (χ1v) is 6.52. The Balaban J connectivity index is 2.27. The number of hydrogen-bond donors (Lipinski definition) is 2. The average Bonchev–Trinajstić information content (AvgIpc) is 2.45. The van der Waals surface area contributed by atoms with Gasteiger partial charge in [-0.3, -0.25) is 4.79 Å². The van der Waals surface area contributed by atoms with Crippen LogP contribution >= 0.6 is 0 Å². The van der Waals surface area contributed by atoms with Crippen molar-refractivity contribution in [2.24, 2.45) is 0 Å². The van der Waals surface area contributed by atoms with Crippen molar-refractivity contribution < 1.29 is 9.90 Å². The Bertz CT molecular complexity index is 674. The molecule has 20 heavy (non-hydrogen) atoms. The fourth-order valence-electron chi connectivity index (χ4n) is 2.20. The third kappa shape index (κ3) is 3.07. The number of hydrogen-bond acceptors (Lipinski definition) is 3. The highest BCUT2D eigenvalue weighted by Gasteiger charge is 2.09. The number of carbonyl (C=O) groups is 1. The van der Waals surface area contributed by atoms with Crippen LogP contribution in [0.1, 0.15) is 25.3 Å². The van der Waals surface area contributed by atoms with Gasteiger partial charge in [-0.1, -0.05) is 24.3 Å². The SMILES string of the molecule is CC(CCC(=O)O)Nc1ccc(C#N)c2ccccc12. The number of aliphatic carboxylic acids is 1. The molecule has 1 unspecified atom stereocenters. The fraction of sp³-hybridized carbons (Fsp3) is 0.250. The van der Waals surface area contributed by atoms with Crippen molar-refractivity contribution in [2.75, 3.05) is 5.32 Å². The van der Waals surface area contributed by atoms with Crippen molar-refractivity contribution in [1.82, 2.24) is 0 Å². The molecule has 0 heterocycles. The molecule has 4 nitrogen and oxygen atoms in total. The van der Waals surface area contributed by atoms with Crippen LogP contribution in [0.15, 0.2) is 36.4 Å². The molecule has 102 valence electrons. The van der Waals surface area contributed by atoms with Crippen LogP contribution in [0.3, 0.4) is 0 Å². The highest BCUT2D eigenvalue weighted by Crippen LogP contribution is 2.27. The lowest BCUT2D eigenvalue weighted by atomic mass is 10.0. The van der Waals surface area contributed by atoms with E-state index in [1.165, 1.54) is 0 Å². The van der Waals surface area contributed by atoms with E-state index < -0.39 is 5.97 Å². The summed E-state index contributed by atoms with van der Waals surface area (Å²) >= 11 is 0. The third-order valence-corrected chi connectivity index (χ3v) is 3.24. The molecule has 0 saturated heterocycles. The normalized spacial score (nSPS) is 11.8. The summed E-state index contributed by atoms with van der Waals surface area (Å²) in [5, 5.41) is 23.0. The lowest BCUT2D eigenvalue weighted by Crippen LogP contribution is -2.16. The summed E-state index contributed by atoms with van der Waals surface area (Å²) in [5.41, 5.74) is 1.57. The number of nitriles is 1. The van der Waals surface area contributed by atoms with E-state index in [9.17, 15) is 4.79 Å². The first kappa shape index (κ1) is 13.9. The van der Waals surface area contributed by atoms with Gasteiger partial charge in [-0.05, 0) is 25.5 Å². The Morgan fingerprint density at radius 1 is 1.30 bits per heavy atom. The highest BCUT2D eigenvalue weighted by atomic mass is 16.4. The Hall–Kier alpha value is -2.54. The number of rotatable bonds is 5. The van der Waals surface area contributed by atoms with Gasteiger partial charge in [0.25, 0.3) is 0 Å². The zero-order valence-electron chi connectivity index (χ0n) is 11.3. The first-order valence-electron chi connectivity index (χ1n) is 6.52. The molecule has 0 aromatic heterocycles. The van der Waals surface area contributed by atoms with Gasteiger partial charge >= 0.3 is 5.97 Å². The van der Waals surface area contributed by atoms with E-state index in [0.29, 0.717) is 12.0 Å². The Morgan fingerprint density at radius 2 is 2.00 bits per heavy atom. The lowest BCUT2D eigenvalue weighted by Gasteiger charge is -2.16. The van der Waals surface area contributed by atoms with Gasteiger partial charge in [0, 0.05) is 28.9 Å². The number of nitrogens with zero attached hydrogens (tertiary/aromatic N) is 1. The van der Waals surface area contributed by atoms with E-state index in [0.717, 1.165) is 16.5 Å². The number of benzene rings is 2. The molecule has 0 aliphatic heterocycles. The van der Waals surface area contributed by atoms with Crippen LogP contribution in [0.2, 0.25) is 0 Å². The molecule has 0 radical (unpaired) electrons. The molecule has 4 heteroatoms. The summed E-state index contributed by atoms with van der Waals surface area (Å²) in [6.45, 7) is 1.95. The minimum absolute atomic E-state index is 0.0578. The summed E-state index contributed by atoms with van der Waals surface area (Å²) in [6, 6.07) is 13.6. The van der Waals surface area contributed by atoms with E-state index in [2.05, 4.69) is 11.4 Å². The van der Waals surface area contributed by atoms with Crippen LogP contribution in [-0.4, -0.2) is 17.1 Å². The Morgan fingerprint density at radius 3 is 2.65 bits per heavy atom. The second-order valence-corrected chi connectivity index (χ2v) is 4.80. The maximum atomic E-state index is 10.6. The van der Waals surface area contributed by atoms with Crippen LogP contribution < -0.4 is 5.32 Å². The number of fused-ring (bicyclic) bond motifs is 1. The molecule has 2 aromatic carbocycles. The number of carboxylic acids is 1. The Labute approximate surface area is 117 Å². The molecule has 2 aromatic rings. The van der Waals surface area contributed by atoms with Crippen molar-refractivity contribution in [2.45, 2.75) is 25.8 Å². The van der Waals surface area contributed by atoms with Gasteiger partial charge in [0.15, 0.2) is 0 Å². The van der Waals surface area contributed by atoms with Crippen molar-refractivity contribution in [3.05, 3.63) is 42.0 Å². The quantitative estimate of drug-likeness (QED) is 0.871. The van der Waals surface area contributed by atoms with Gasteiger partial charge in [0.1, 0.15) is 0 Å². The average molecular weight is 268 g/mol. The zero-order valence-corrected chi connectivity index (χ0v) is 11.3. The van der Waals surface area contributed by atoms with Crippen molar-refractivity contribution in [3.63, 3.8) is 0 Å². The van der Waals surface area contributed by atoms with Crippen LogP contribution in [0.5, 0.6) is 0 Å². The second-order valence-electron chi connectivity index (χ2n) is 4.80. The Kier molecular flexibility index (Phi) is 4.21. The largest absolute Gasteiger partial charge is 0.481 e. The van der Waals surface area contributed by atoms with Crippen molar-refractivity contribution in [3.8, 4) is 6.07 Å². The molecule has 2 rings (SSSR count). The molecule has 0 spiro atoms. The van der Waals surface area contributed by atoms with Crippen LogP contribution in [-0.2, 0) is 4.79 Å². The summed E-state index contributed by atoms with van der Waals surface area (Å²) in [7, 11) is 0. The van der Waals surface area contributed by atoms with Gasteiger partial charge in [-0.15, -0.1) is 0 Å². The molecule has 2 N–H and O–H groups in total. The molecule has 1 atom stereocenters. The monoisotopic (exact) mass is 268 g/mol. The highest BCUT2D eigenvalue weighted by molar-refractivity contribution is 5.97. The van der Waals surface area contributed by atoms with Crippen LogP contribution in [0.25, 0.3) is 10.8 Å². The van der Waals surface area contributed by atoms with Gasteiger partial charge in [-0.2, -0.15) is 5.26 Å². The standard InChI is InChI=1S/C16H16N2O2/c1-11(6-9-16(19)20)18-15-8-7-12(10-17)13-4-2-3-5-14(13)15/h2-5,7-8,11,18H,6,9H2,1H3,(H,19,20). The molecule has 0 saturated carbocycles. The van der Waals surface area contributed by atoms with Crippen LogP contribution in [0.4, 0.5) is 5.69 Å². The number of anilines is 1. The predicted molar refractivity (Wildman–Crippen MR) is 78.6 cm³/mol. The van der Waals surface area contributed by atoms with E-state index in [-0.39, 0.29) is 12.5 Å². The molecule has 0 amide bonds. The molecular formula is C16H16N2O2. The predicted octanol–water partition coefficient (Wildman–Crippen LogP) is 3.38. The van der Waals surface area contributed by atoms with E-state index >= 15 is 0 Å². The zero-order chi connectivity index (χ0) is 14.5. The molecule has 0 bridgehead atoms. The second kappa shape index (κ2) is 6.07. The maximum absolute atomic E-state index is 10.6. The van der Waals surface area contributed by atoms with E-state index in [1.807, 2.05) is 37.3 Å². The van der Waals surface area contributed by atoms with Crippen molar-refractivity contribution in [1.29, 1.82) is 5.26 Å². The van der Waals surface area contributed by atoms with Gasteiger partial charge < -0.3 is 10.4 Å². The molecule has 0 aliphatic rings. The van der Waals surface area contributed by atoms with Crippen molar-refractivity contribution >= 4 is 22.4 Å². The summed E-state index contributed by atoms with van der Waals surface area (Å²) < 4.78 is 0. The van der Waals surface area contributed by atoms with Gasteiger partial charge in [-0.25, -0.2) is 0 Å². The van der Waals surface area contributed by atoms with E-state index in [1.54, 1.807) is 6.07 Å². The van der Waals surface area contributed by atoms with E-state index in [4.69, 9.17) is 10.4 Å². The minimum atomic E-state index is -0.789.